The first kappa shape index (κ1) is 15.2. The minimum absolute atomic E-state index is 0.0742. The Morgan fingerprint density at radius 1 is 1.26 bits per heavy atom. The van der Waals surface area contributed by atoms with Gasteiger partial charge in [0, 0.05) is 6.54 Å². The number of carbonyl (C=O) groups excluding carboxylic acids is 2. The number of esters is 1. The summed E-state index contributed by atoms with van der Waals surface area (Å²) in [6, 6.07) is 6.39. The maximum atomic E-state index is 11.6. The van der Waals surface area contributed by atoms with Gasteiger partial charge < -0.3 is 15.2 Å². The van der Waals surface area contributed by atoms with Gasteiger partial charge in [0.05, 0.1) is 12.2 Å². The Hall–Kier alpha value is -1.88. The second kappa shape index (κ2) is 8.26. The normalized spacial score (nSPS) is 10.0. The van der Waals surface area contributed by atoms with Gasteiger partial charge in [-0.05, 0) is 24.1 Å². The van der Waals surface area contributed by atoms with E-state index in [1.807, 2.05) is 6.92 Å². The molecule has 0 bridgehead atoms. The summed E-state index contributed by atoms with van der Waals surface area (Å²) in [5.41, 5.74) is 1.08. The van der Waals surface area contributed by atoms with Crippen molar-refractivity contribution in [2.24, 2.45) is 0 Å². The van der Waals surface area contributed by atoms with Crippen LogP contribution >= 0.6 is 0 Å². The number of unbranched alkanes of at least 4 members (excludes halogenated alkanes) is 1. The molecule has 0 saturated heterocycles. The molecule has 0 saturated carbocycles. The number of rotatable bonds is 7. The molecular formula is C14H19NO4. The summed E-state index contributed by atoms with van der Waals surface area (Å²) < 4.78 is 4.88. The zero-order valence-electron chi connectivity index (χ0n) is 11.0. The fraction of sp³-hybridized carbons (Fsp3) is 0.429. The van der Waals surface area contributed by atoms with Gasteiger partial charge in [0.1, 0.15) is 0 Å². The molecule has 0 spiro atoms. The summed E-state index contributed by atoms with van der Waals surface area (Å²) in [7, 11) is 0. The van der Waals surface area contributed by atoms with Gasteiger partial charge in [-0.15, -0.1) is 0 Å². The van der Waals surface area contributed by atoms with Gasteiger partial charge in [-0.25, -0.2) is 4.79 Å². The van der Waals surface area contributed by atoms with Gasteiger partial charge in [-0.2, -0.15) is 0 Å². The molecular weight excluding hydrogens is 246 g/mol. The van der Waals surface area contributed by atoms with Crippen molar-refractivity contribution in [1.82, 2.24) is 5.32 Å². The molecule has 0 radical (unpaired) electrons. The second-order valence-corrected chi connectivity index (χ2v) is 4.13. The number of nitrogens with one attached hydrogen (secondary N) is 1. The molecule has 1 amide bonds. The Morgan fingerprint density at radius 3 is 2.53 bits per heavy atom. The van der Waals surface area contributed by atoms with E-state index in [0.717, 1.165) is 12.8 Å². The number of ether oxygens (including phenoxy) is 1. The molecule has 1 aromatic carbocycles. The molecule has 19 heavy (non-hydrogen) atoms. The van der Waals surface area contributed by atoms with Crippen LogP contribution in [0.4, 0.5) is 0 Å². The fourth-order valence-corrected chi connectivity index (χ4v) is 1.42. The number of aliphatic hydroxyl groups excluding tert-OH is 1. The van der Waals surface area contributed by atoms with E-state index in [9.17, 15) is 9.59 Å². The number of amides is 1. The third-order valence-electron chi connectivity index (χ3n) is 2.56. The van der Waals surface area contributed by atoms with Gasteiger partial charge in [0.15, 0.2) is 6.61 Å². The van der Waals surface area contributed by atoms with E-state index in [1.165, 1.54) is 0 Å². The number of benzene rings is 1. The van der Waals surface area contributed by atoms with E-state index in [1.54, 1.807) is 24.3 Å². The molecule has 2 N–H and O–H groups in total. The van der Waals surface area contributed by atoms with Gasteiger partial charge in [-0.1, -0.05) is 25.5 Å². The largest absolute Gasteiger partial charge is 0.452 e. The van der Waals surface area contributed by atoms with Crippen molar-refractivity contribution in [3.05, 3.63) is 35.4 Å². The molecule has 0 unspecified atom stereocenters. The van der Waals surface area contributed by atoms with Gasteiger partial charge in [-0.3, -0.25) is 4.79 Å². The Balaban J connectivity index is 2.35. The van der Waals surface area contributed by atoms with Crippen LogP contribution in [-0.2, 0) is 16.1 Å². The van der Waals surface area contributed by atoms with Crippen molar-refractivity contribution >= 4 is 11.9 Å². The van der Waals surface area contributed by atoms with Crippen LogP contribution in [-0.4, -0.2) is 30.1 Å². The molecule has 0 aliphatic rings. The highest BCUT2D eigenvalue weighted by Gasteiger charge is 2.09. The first-order valence-electron chi connectivity index (χ1n) is 6.31. The summed E-state index contributed by atoms with van der Waals surface area (Å²) in [5, 5.41) is 11.5. The molecule has 104 valence electrons. The van der Waals surface area contributed by atoms with E-state index in [2.05, 4.69) is 5.32 Å². The standard InChI is InChI=1S/C14H19NO4/c1-2-3-8-15-13(17)10-19-14(18)12-6-4-11(9-16)5-7-12/h4-7,16H,2-3,8-10H2,1H3,(H,15,17). The predicted octanol–water partition coefficient (Wildman–Crippen LogP) is 1.25. The Morgan fingerprint density at radius 2 is 1.95 bits per heavy atom. The maximum absolute atomic E-state index is 11.6. The Bertz CT molecular complexity index is 414. The highest BCUT2D eigenvalue weighted by atomic mass is 16.5. The first-order chi connectivity index (χ1) is 9.17. The summed E-state index contributed by atoms with van der Waals surface area (Å²) in [4.78, 5) is 22.9. The van der Waals surface area contributed by atoms with E-state index in [4.69, 9.17) is 9.84 Å². The third-order valence-corrected chi connectivity index (χ3v) is 2.56. The van der Waals surface area contributed by atoms with Crippen molar-refractivity contribution in [2.75, 3.05) is 13.2 Å². The quantitative estimate of drug-likeness (QED) is 0.574. The van der Waals surface area contributed by atoms with Crippen molar-refractivity contribution in [3.8, 4) is 0 Å². The summed E-state index contributed by atoms with van der Waals surface area (Å²) >= 11 is 0. The third kappa shape index (κ3) is 5.52. The van der Waals surface area contributed by atoms with Crippen LogP contribution in [0.5, 0.6) is 0 Å². The van der Waals surface area contributed by atoms with Crippen LogP contribution in [0.15, 0.2) is 24.3 Å². The Kier molecular flexibility index (Phi) is 6.60. The molecule has 1 rings (SSSR count). The van der Waals surface area contributed by atoms with E-state index in [-0.39, 0.29) is 19.1 Å². The van der Waals surface area contributed by atoms with Crippen LogP contribution in [0, 0.1) is 0 Å². The monoisotopic (exact) mass is 265 g/mol. The molecule has 0 fully saturated rings. The summed E-state index contributed by atoms with van der Waals surface area (Å²) in [6.45, 7) is 2.28. The van der Waals surface area contributed by atoms with Crippen LogP contribution in [0.1, 0.15) is 35.7 Å². The average Bonchev–Trinajstić information content (AvgIpc) is 2.45. The Labute approximate surface area is 112 Å². The molecule has 0 aliphatic heterocycles. The van der Waals surface area contributed by atoms with Crippen molar-refractivity contribution in [3.63, 3.8) is 0 Å². The lowest BCUT2D eigenvalue weighted by molar-refractivity contribution is -0.124. The topological polar surface area (TPSA) is 75.6 Å². The highest BCUT2D eigenvalue weighted by molar-refractivity contribution is 5.91. The number of hydrogen-bond acceptors (Lipinski definition) is 4. The van der Waals surface area contributed by atoms with Gasteiger partial charge in [0.25, 0.3) is 5.91 Å². The smallest absolute Gasteiger partial charge is 0.338 e. The van der Waals surface area contributed by atoms with Crippen molar-refractivity contribution < 1.29 is 19.4 Å². The molecule has 1 aromatic rings. The highest BCUT2D eigenvalue weighted by Crippen LogP contribution is 2.05. The van der Waals surface area contributed by atoms with Crippen LogP contribution in [0.25, 0.3) is 0 Å². The zero-order valence-corrected chi connectivity index (χ0v) is 11.0. The molecule has 0 aliphatic carbocycles. The molecule has 5 heteroatoms. The summed E-state index contributed by atoms with van der Waals surface area (Å²) in [6.07, 6.45) is 1.90. The van der Waals surface area contributed by atoms with E-state index < -0.39 is 5.97 Å². The molecule has 0 heterocycles. The van der Waals surface area contributed by atoms with Crippen molar-refractivity contribution in [2.45, 2.75) is 26.4 Å². The second-order valence-electron chi connectivity index (χ2n) is 4.13. The van der Waals surface area contributed by atoms with E-state index in [0.29, 0.717) is 17.7 Å². The lowest BCUT2D eigenvalue weighted by atomic mass is 10.1. The van der Waals surface area contributed by atoms with Gasteiger partial charge in [0.2, 0.25) is 0 Å². The first-order valence-corrected chi connectivity index (χ1v) is 6.31. The van der Waals surface area contributed by atoms with Crippen LogP contribution < -0.4 is 5.32 Å². The number of hydrogen-bond donors (Lipinski definition) is 2. The number of aliphatic hydroxyl groups is 1. The van der Waals surface area contributed by atoms with E-state index >= 15 is 0 Å². The number of carbonyl (C=O) groups is 2. The molecule has 0 atom stereocenters. The van der Waals surface area contributed by atoms with Crippen LogP contribution in [0.3, 0.4) is 0 Å². The van der Waals surface area contributed by atoms with Crippen LogP contribution in [0.2, 0.25) is 0 Å². The predicted molar refractivity (Wildman–Crippen MR) is 70.6 cm³/mol. The van der Waals surface area contributed by atoms with Crippen molar-refractivity contribution in [1.29, 1.82) is 0 Å². The minimum Gasteiger partial charge on any atom is -0.452 e. The molecule has 0 aromatic heterocycles. The van der Waals surface area contributed by atoms with Gasteiger partial charge >= 0.3 is 5.97 Å². The fourth-order valence-electron chi connectivity index (χ4n) is 1.42. The average molecular weight is 265 g/mol. The zero-order chi connectivity index (χ0) is 14.1. The lowest BCUT2D eigenvalue weighted by Crippen LogP contribution is -2.29. The SMILES string of the molecule is CCCCNC(=O)COC(=O)c1ccc(CO)cc1. The lowest BCUT2D eigenvalue weighted by Gasteiger charge is -2.06. The maximum Gasteiger partial charge on any atom is 0.338 e. The summed E-state index contributed by atoms with van der Waals surface area (Å²) in [5.74, 6) is -0.844. The minimum atomic E-state index is -0.546. The molecule has 5 nitrogen and oxygen atoms in total.